The number of carbonyl (C=O) groups excluding carboxylic acids is 1. The quantitative estimate of drug-likeness (QED) is 0.910. The van der Waals surface area contributed by atoms with Crippen molar-refractivity contribution in [2.75, 3.05) is 0 Å². The zero-order valence-corrected chi connectivity index (χ0v) is 12.0. The first kappa shape index (κ1) is 15.2. The van der Waals surface area contributed by atoms with Crippen LogP contribution < -0.4 is 10.1 Å². The highest BCUT2D eigenvalue weighted by Crippen LogP contribution is 2.38. The monoisotopic (exact) mass is 313 g/mol. The summed E-state index contributed by atoms with van der Waals surface area (Å²) in [5, 5.41) is 2.57. The lowest BCUT2D eigenvalue weighted by atomic mass is 9.84. The van der Waals surface area contributed by atoms with Gasteiger partial charge in [-0.25, -0.2) is 0 Å². The van der Waals surface area contributed by atoms with Crippen LogP contribution in [0.4, 0.5) is 13.2 Å². The summed E-state index contributed by atoms with van der Waals surface area (Å²) in [6, 6.07) is 6.45. The molecule has 0 unspecified atom stereocenters. The molecule has 2 aliphatic rings. The van der Waals surface area contributed by atoms with E-state index in [0.717, 1.165) is 5.56 Å². The van der Waals surface area contributed by atoms with Crippen LogP contribution in [0.3, 0.4) is 0 Å². The molecule has 1 amide bonds. The molecule has 0 aromatic heterocycles. The summed E-state index contributed by atoms with van der Waals surface area (Å²) in [6.45, 7) is 0. The van der Waals surface area contributed by atoms with Crippen LogP contribution in [0.1, 0.15) is 31.2 Å². The minimum Gasteiger partial charge on any atom is -0.480 e. The number of ether oxygens (including phenoxy) is 1. The third kappa shape index (κ3) is 3.05. The third-order valence-electron chi connectivity index (χ3n) is 4.45. The van der Waals surface area contributed by atoms with Gasteiger partial charge in [-0.1, -0.05) is 31.0 Å². The molecule has 3 rings (SSSR count). The molecule has 0 radical (unpaired) electrons. The number of alkyl halides is 3. The van der Waals surface area contributed by atoms with E-state index in [1.807, 2.05) is 12.1 Å². The fourth-order valence-corrected chi connectivity index (χ4v) is 3.30. The van der Waals surface area contributed by atoms with Crippen molar-refractivity contribution in [2.24, 2.45) is 5.92 Å². The minimum absolute atomic E-state index is 0.0835. The van der Waals surface area contributed by atoms with E-state index in [-0.39, 0.29) is 6.42 Å². The summed E-state index contributed by atoms with van der Waals surface area (Å²) < 4.78 is 44.7. The largest absolute Gasteiger partial charge is 0.480 e. The van der Waals surface area contributed by atoms with Crippen molar-refractivity contribution < 1.29 is 22.7 Å². The van der Waals surface area contributed by atoms with Crippen molar-refractivity contribution in [1.82, 2.24) is 5.32 Å². The standard InChI is InChI=1S/C16H18F3NO2/c17-16(18,19)11-6-2-3-7-12(11)20-15(21)14-9-10-5-1-4-8-13(10)22-14/h1,4-5,8,11-12,14H,2-3,6-7,9H2,(H,20,21)/t11-,12-,14+/m1/s1. The second kappa shape index (κ2) is 5.82. The minimum atomic E-state index is -4.27. The first-order chi connectivity index (χ1) is 10.4. The average Bonchev–Trinajstić information content (AvgIpc) is 2.90. The van der Waals surface area contributed by atoms with Crippen LogP contribution in [-0.4, -0.2) is 24.2 Å². The van der Waals surface area contributed by atoms with Gasteiger partial charge in [0.05, 0.1) is 5.92 Å². The number of carbonyl (C=O) groups is 1. The molecule has 3 atom stereocenters. The SMILES string of the molecule is O=C(N[C@@H]1CCCC[C@H]1C(F)(F)F)[C@@H]1Cc2ccccc2O1. The molecule has 22 heavy (non-hydrogen) atoms. The van der Waals surface area contributed by atoms with Gasteiger partial charge in [-0.2, -0.15) is 13.2 Å². The predicted molar refractivity (Wildman–Crippen MR) is 74.5 cm³/mol. The molecule has 1 saturated carbocycles. The van der Waals surface area contributed by atoms with Gasteiger partial charge >= 0.3 is 6.18 Å². The van der Waals surface area contributed by atoms with Gasteiger partial charge in [-0.05, 0) is 24.5 Å². The number of hydrogen-bond donors (Lipinski definition) is 1. The zero-order valence-electron chi connectivity index (χ0n) is 12.0. The number of para-hydroxylation sites is 1. The van der Waals surface area contributed by atoms with Crippen LogP contribution in [0.2, 0.25) is 0 Å². The Labute approximate surface area is 126 Å². The number of rotatable bonds is 2. The molecule has 1 aliphatic carbocycles. The van der Waals surface area contributed by atoms with Crippen LogP contribution in [0.15, 0.2) is 24.3 Å². The second-order valence-electron chi connectivity index (χ2n) is 5.97. The maximum Gasteiger partial charge on any atom is 0.393 e. The van der Waals surface area contributed by atoms with Gasteiger partial charge in [0.1, 0.15) is 5.75 Å². The Hall–Kier alpha value is -1.72. The molecule has 1 aromatic rings. The molecular formula is C16H18F3NO2. The summed E-state index contributed by atoms with van der Waals surface area (Å²) in [4.78, 5) is 12.3. The number of nitrogens with one attached hydrogen (secondary N) is 1. The maximum atomic E-state index is 13.1. The number of fused-ring (bicyclic) bond motifs is 1. The van der Waals surface area contributed by atoms with E-state index < -0.39 is 30.1 Å². The zero-order chi connectivity index (χ0) is 15.7. The number of amides is 1. The van der Waals surface area contributed by atoms with Gasteiger partial charge in [0.25, 0.3) is 5.91 Å². The normalized spacial score (nSPS) is 27.9. The lowest BCUT2D eigenvalue weighted by molar-refractivity contribution is -0.189. The smallest absolute Gasteiger partial charge is 0.393 e. The predicted octanol–water partition coefficient (Wildman–Crippen LogP) is 3.23. The van der Waals surface area contributed by atoms with Gasteiger partial charge in [-0.3, -0.25) is 4.79 Å². The molecule has 0 spiro atoms. The van der Waals surface area contributed by atoms with E-state index in [1.165, 1.54) is 0 Å². The van der Waals surface area contributed by atoms with Crippen LogP contribution in [0.25, 0.3) is 0 Å². The van der Waals surface area contributed by atoms with Crippen LogP contribution in [-0.2, 0) is 11.2 Å². The number of hydrogen-bond acceptors (Lipinski definition) is 2. The molecule has 0 saturated heterocycles. The molecular weight excluding hydrogens is 295 g/mol. The molecule has 120 valence electrons. The van der Waals surface area contributed by atoms with Crippen molar-refractivity contribution >= 4 is 5.91 Å². The second-order valence-corrected chi connectivity index (χ2v) is 5.97. The van der Waals surface area contributed by atoms with Crippen LogP contribution in [0.5, 0.6) is 5.75 Å². The molecule has 3 nitrogen and oxygen atoms in total. The fourth-order valence-electron chi connectivity index (χ4n) is 3.30. The molecule has 1 heterocycles. The van der Waals surface area contributed by atoms with E-state index in [0.29, 0.717) is 31.4 Å². The Balaban J connectivity index is 1.64. The van der Waals surface area contributed by atoms with Crippen molar-refractivity contribution in [2.45, 2.75) is 50.4 Å². The summed E-state index contributed by atoms with van der Waals surface area (Å²) in [5.74, 6) is -1.26. The molecule has 1 aliphatic heterocycles. The highest BCUT2D eigenvalue weighted by Gasteiger charge is 2.46. The Morgan fingerprint density at radius 3 is 2.64 bits per heavy atom. The average molecular weight is 313 g/mol. The molecule has 1 fully saturated rings. The highest BCUT2D eigenvalue weighted by atomic mass is 19.4. The Morgan fingerprint density at radius 1 is 1.18 bits per heavy atom. The molecule has 1 N–H and O–H groups in total. The fraction of sp³-hybridized carbons (Fsp3) is 0.562. The van der Waals surface area contributed by atoms with Gasteiger partial charge in [-0.15, -0.1) is 0 Å². The van der Waals surface area contributed by atoms with Gasteiger partial charge in [0, 0.05) is 12.5 Å². The lowest BCUT2D eigenvalue weighted by Crippen LogP contribution is -2.51. The van der Waals surface area contributed by atoms with Crippen molar-refractivity contribution in [1.29, 1.82) is 0 Å². The van der Waals surface area contributed by atoms with Crippen molar-refractivity contribution in [3.05, 3.63) is 29.8 Å². The van der Waals surface area contributed by atoms with Crippen LogP contribution >= 0.6 is 0 Å². The molecule has 1 aromatic carbocycles. The lowest BCUT2D eigenvalue weighted by Gasteiger charge is -2.34. The summed E-state index contributed by atoms with van der Waals surface area (Å²) in [6.07, 6.45) is -2.86. The van der Waals surface area contributed by atoms with E-state index in [1.54, 1.807) is 12.1 Å². The third-order valence-corrected chi connectivity index (χ3v) is 4.45. The Morgan fingerprint density at radius 2 is 1.91 bits per heavy atom. The number of benzene rings is 1. The topological polar surface area (TPSA) is 38.3 Å². The first-order valence-corrected chi connectivity index (χ1v) is 7.57. The van der Waals surface area contributed by atoms with E-state index in [9.17, 15) is 18.0 Å². The van der Waals surface area contributed by atoms with Gasteiger partial charge in [0.2, 0.25) is 0 Å². The number of halogens is 3. The van der Waals surface area contributed by atoms with E-state index in [4.69, 9.17) is 4.74 Å². The summed E-state index contributed by atoms with van der Waals surface area (Å²) >= 11 is 0. The van der Waals surface area contributed by atoms with E-state index in [2.05, 4.69) is 5.32 Å². The Bertz CT molecular complexity index is 534. The van der Waals surface area contributed by atoms with Crippen molar-refractivity contribution in [3.8, 4) is 5.75 Å². The molecule has 0 bridgehead atoms. The van der Waals surface area contributed by atoms with Crippen molar-refractivity contribution in [3.63, 3.8) is 0 Å². The maximum absolute atomic E-state index is 13.1. The Kier molecular flexibility index (Phi) is 4.02. The summed E-state index contributed by atoms with van der Waals surface area (Å²) in [5.41, 5.74) is 0.915. The van der Waals surface area contributed by atoms with Crippen LogP contribution in [0, 0.1) is 5.92 Å². The van der Waals surface area contributed by atoms with Gasteiger partial charge in [0.15, 0.2) is 6.10 Å². The molecule has 6 heteroatoms. The van der Waals surface area contributed by atoms with E-state index >= 15 is 0 Å². The van der Waals surface area contributed by atoms with Gasteiger partial charge < -0.3 is 10.1 Å². The first-order valence-electron chi connectivity index (χ1n) is 7.57. The highest BCUT2D eigenvalue weighted by molar-refractivity contribution is 5.82. The summed E-state index contributed by atoms with van der Waals surface area (Å²) in [7, 11) is 0.